The predicted molar refractivity (Wildman–Crippen MR) is 66.2 cm³/mol. The van der Waals surface area contributed by atoms with E-state index in [4.69, 9.17) is 9.47 Å². The van der Waals surface area contributed by atoms with Crippen LogP contribution < -0.4 is 4.74 Å². The molecule has 0 atom stereocenters. The molecule has 1 heterocycles. The van der Waals surface area contributed by atoms with Crippen LogP contribution in [0, 0.1) is 0 Å². The average Bonchev–Trinajstić information content (AvgIpc) is 2.29. The molecule has 1 saturated heterocycles. The molecule has 0 amide bonds. The molecule has 0 radical (unpaired) electrons. The van der Waals surface area contributed by atoms with E-state index in [0.29, 0.717) is 26.1 Å². The van der Waals surface area contributed by atoms with E-state index in [1.165, 1.54) is 0 Å². The van der Waals surface area contributed by atoms with Crippen molar-refractivity contribution in [3.05, 3.63) is 29.8 Å². The summed E-state index contributed by atoms with van der Waals surface area (Å²) >= 11 is 0. The minimum atomic E-state index is -0.755. The molecule has 2 rings (SSSR count). The zero-order chi connectivity index (χ0) is 12.3. The van der Waals surface area contributed by atoms with Crippen LogP contribution in [-0.4, -0.2) is 24.4 Å². The first-order valence-corrected chi connectivity index (χ1v) is 6.17. The third-order valence-electron chi connectivity index (χ3n) is 3.06. The Hall–Kier alpha value is -1.06. The molecule has 0 aromatic heterocycles. The van der Waals surface area contributed by atoms with Crippen molar-refractivity contribution < 1.29 is 14.6 Å². The van der Waals surface area contributed by atoms with E-state index >= 15 is 0 Å². The second-order valence-corrected chi connectivity index (χ2v) is 4.84. The Balaban J connectivity index is 2.19. The van der Waals surface area contributed by atoms with E-state index < -0.39 is 5.60 Å². The molecule has 0 unspecified atom stereocenters. The summed E-state index contributed by atoms with van der Waals surface area (Å²) in [5, 5.41) is 10.6. The summed E-state index contributed by atoms with van der Waals surface area (Å²) in [4.78, 5) is 0. The molecule has 3 heteroatoms. The highest BCUT2D eigenvalue weighted by molar-refractivity contribution is 5.32. The molecule has 0 bridgehead atoms. The van der Waals surface area contributed by atoms with Gasteiger partial charge in [-0.1, -0.05) is 12.1 Å². The summed E-state index contributed by atoms with van der Waals surface area (Å²) in [5.41, 5.74) is 0.174. The lowest BCUT2D eigenvalue weighted by molar-refractivity contribution is -0.0680. The lowest BCUT2D eigenvalue weighted by atomic mass is 9.86. The fourth-order valence-electron chi connectivity index (χ4n) is 2.13. The van der Waals surface area contributed by atoms with E-state index in [2.05, 4.69) is 0 Å². The summed E-state index contributed by atoms with van der Waals surface area (Å²) in [6.45, 7) is 5.23. The van der Waals surface area contributed by atoms with Gasteiger partial charge in [0, 0.05) is 26.1 Å². The van der Waals surface area contributed by atoms with Crippen LogP contribution in [0.15, 0.2) is 24.3 Å². The van der Waals surface area contributed by atoms with Gasteiger partial charge in [-0.05, 0) is 31.5 Å². The Morgan fingerprint density at radius 3 is 2.65 bits per heavy atom. The van der Waals surface area contributed by atoms with Crippen molar-refractivity contribution >= 4 is 0 Å². The van der Waals surface area contributed by atoms with Crippen molar-refractivity contribution in [2.75, 3.05) is 13.2 Å². The highest BCUT2D eigenvalue weighted by atomic mass is 16.5. The molecule has 1 aromatic carbocycles. The van der Waals surface area contributed by atoms with Gasteiger partial charge in [0.1, 0.15) is 5.75 Å². The second kappa shape index (κ2) is 5.07. The zero-order valence-corrected chi connectivity index (χ0v) is 10.5. The van der Waals surface area contributed by atoms with Crippen LogP contribution in [0.5, 0.6) is 5.75 Å². The number of hydrogen-bond acceptors (Lipinski definition) is 3. The van der Waals surface area contributed by atoms with E-state index in [1.54, 1.807) is 0 Å². The molecule has 94 valence electrons. The van der Waals surface area contributed by atoms with Crippen LogP contribution in [-0.2, 0) is 10.3 Å². The molecule has 1 fully saturated rings. The van der Waals surface area contributed by atoms with Gasteiger partial charge in [0.25, 0.3) is 0 Å². The van der Waals surface area contributed by atoms with Crippen molar-refractivity contribution in [1.29, 1.82) is 0 Å². The summed E-state index contributed by atoms with van der Waals surface area (Å²) in [5.74, 6) is 0.817. The smallest absolute Gasteiger partial charge is 0.120 e. The largest absolute Gasteiger partial charge is 0.491 e. The van der Waals surface area contributed by atoms with Gasteiger partial charge < -0.3 is 14.6 Å². The van der Waals surface area contributed by atoms with Gasteiger partial charge in [-0.25, -0.2) is 0 Å². The Labute approximate surface area is 102 Å². The molecule has 0 aliphatic carbocycles. The lowest BCUT2D eigenvalue weighted by Crippen LogP contribution is -2.33. The van der Waals surface area contributed by atoms with Crippen LogP contribution in [0.1, 0.15) is 32.3 Å². The molecular weight excluding hydrogens is 216 g/mol. The van der Waals surface area contributed by atoms with Crippen LogP contribution in [0.2, 0.25) is 0 Å². The fraction of sp³-hybridized carbons (Fsp3) is 0.571. The predicted octanol–water partition coefficient (Wildman–Crippen LogP) is 2.47. The van der Waals surface area contributed by atoms with Gasteiger partial charge in [0.15, 0.2) is 0 Å². The Bertz CT molecular complexity index is 367. The Morgan fingerprint density at radius 1 is 1.29 bits per heavy atom. The quantitative estimate of drug-likeness (QED) is 0.876. The van der Waals surface area contributed by atoms with Gasteiger partial charge in [0.05, 0.1) is 11.7 Å². The monoisotopic (exact) mass is 236 g/mol. The summed E-state index contributed by atoms with van der Waals surface area (Å²) in [7, 11) is 0. The third kappa shape index (κ3) is 2.99. The van der Waals surface area contributed by atoms with Crippen molar-refractivity contribution in [3.63, 3.8) is 0 Å². The number of ether oxygens (including phenoxy) is 2. The van der Waals surface area contributed by atoms with Crippen molar-refractivity contribution in [2.45, 2.75) is 38.4 Å². The Morgan fingerprint density at radius 2 is 2.00 bits per heavy atom. The third-order valence-corrected chi connectivity index (χ3v) is 3.06. The lowest BCUT2D eigenvalue weighted by Gasteiger charge is -2.32. The van der Waals surface area contributed by atoms with Crippen LogP contribution >= 0.6 is 0 Å². The van der Waals surface area contributed by atoms with E-state index in [-0.39, 0.29) is 6.10 Å². The summed E-state index contributed by atoms with van der Waals surface area (Å²) in [6, 6.07) is 7.75. The average molecular weight is 236 g/mol. The van der Waals surface area contributed by atoms with Gasteiger partial charge in [-0.15, -0.1) is 0 Å². The molecule has 0 spiro atoms. The van der Waals surface area contributed by atoms with E-state index in [9.17, 15) is 5.11 Å². The number of hydrogen-bond donors (Lipinski definition) is 1. The summed E-state index contributed by atoms with van der Waals surface area (Å²) < 4.78 is 10.9. The molecule has 1 N–H and O–H groups in total. The first-order valence-electron chi connectivity index (χ1n) is 6.17. The van der Waals surface area contributed by atoms with Crippen molar-refractivity contribution in [1.82, 2.24) is 0 Å². The SMILES string of the molecule is CC(C)Oc1cccc(C2(O)CCOCC2)c1. The van der Waals surface area contributed by atoms with E-state index in [0.717, 1.165) is 11.3 Å². The molecular formula is C14H20O3. The highest BCUT2D eigenvalue weighted by Crippen LogP contribution is 2.33. The minimum Gasteiger partial charge on any atom is -0.491 e. The van der Waals surface area contributed by atoms with Gasteiger partial charge >= 0.3 is 0 Å². The van der Waals surface area contributed by atoms with Crippen LogP contribution in [0.3, 0.4) is 0 Å². The molecule has 17 heavy (non-hydrogen) atoms. The van der Waals surface area contributed by atoms with E-state index in [1.807, 2.05) is 38.1 Å². The number of aliphatic hydroxyl groups is 1. The van der Waals surface area contributed by atoms with Gasteiger partial charge in [-0.2, -0.15) is 0 Å². The first-order chi connectivity index (χ1) is 8.10. The maximum atomic E-state index is 10.6. The van der Waals surface area contributed by atoms with Crippen molar-refractivity contribution in [2.24, 2.45) is 0 Å². The summed E-state index contributed by atoms with van der Waals surface area (Å²) in [6.07, 6.45) is 1.45. The van der Waals surface area contributed by atoms with Crippen LogP contribution in [0.4, 0.5) is 0 Å². The topological polar surface area (TPSA) is 38.7 Å². The maximum absolute atomic E-state index is 10.6. The molecule has 1 aromatic rings. The van der Waals surface area contributed by atoms with Gasteiger partial charge in [0.2, 0.25) is 0 Å². The maximum Gasteiger partial charge on any atom is 0.120 e. The molecule has 1 aliphatic rings. The van der Waals surface area contributed by atoms with Gasteiger partial charge in [-0.3, -0.25) is 0 Å². The fourth-order valence-corrected chi connectivity index (χ4v) is 2.13. The Kier molecular flexibility index (Phi) is 3.69. The molecule has 1 aliphatic heterocycles. The first kappa shape index (κ1) is 12.4. The molecule has 3 nitrogen and oxygen atoms in total. The number of rotatable bonds is 3. The zero-order valence-electron chi connectivity index (χ0n) is 10.5. The second-order valence-electron chi connectivity index (χ2n) is 4.84. The van der Waals surface area contributed by atoms with Crippen molar-refractivity contribution in [3.8, 4) is 5.75 Å². The molecule has 0 saturated carbocycles. The van der Waals surface area contributed by atoms with Crippen LogP contribution in [0.25, 0.3) is 0 Å². The number of benzene rings is 1. The highest BCUT2D eigenvalue weighted by Gasteiger charge is 2.31. The standard InChI is InChI=1S/C14H20O3/c1-11(2)17-13-5-3-4-12(10-13)14(15)6-8-16-9-7-14/h3-5,10-11,15H,6-9H2,1-2H3. The minimum absolute atomic E-state index is 0.148. The normalized spacial score (nSPS) is 19.3.